The van der Waals surface area contributed by atoms with Gasteiger partial charge < -0.3 is 9.47 Å². The summed E-state index contributed by atoms with van der Waals surface area (Å²) in [6.07, 6.45) is 4.50. The SMILES string of the molecule is C=CC.C=CC.CC.CC1(c2ccccc2)Oc2ccc(SNCCc3ccccc3)cc2O1. The number of benzene rings is 3. The molecule has 0 radical (unpaired) electrons. The Morgan fingerprint density at radius 2 is 1.35 bits per heavy atom. The van der Waals surface area contributed by atoms with Gasteiger partial charge in [0.2, 0.25) is 0 Å². The van der Waals surface area contributed by atoms with Crippen LogP contribution in [0, 0.1) is 0 Å². The fourth-order valence-electron chi connectivity index (χ4n) is 2.99. The zero-order valence-electron chi connectivity index (χ0n) is 21.2. The standard InChI is InChI=1S/C22H21NO2S.2C3H6.C2H6/c1-22(18-10-6-3-7-11-18)24-20-13-12-19(16-21(20)25-22)26-23-15-14-17-8-4-2-5-9-17;2*1-3-2;1-2/h2-13,16,23H,14-15H2,1H3;2*3H,1H2,2H3;1-2H3. The molecule has 0 amide bonds. The van der Waals surface area contributed by atoms with Crippen molar-refractivity contribution < 1.29 is 9.47 Å². The first-order valence-electron chi connectivity index (χ1n) is 11.7. The molecule has 3 nitrogen and oxygen atoms in total. The van der Waals surface area contributed by atoms with Crippen molar-refractivity contribution >= 4 is 11.9 Å². The number of fused-ring (bicyclic) bond motifs is 1. The summed E-state index contributed by atoms with van der Waals surface area (Å²) in [7, 11) is 0. The van der Waals surface area contributed by atoms with Gasteiger partial charge in [-0.05, 0) is 56.0 Å². The lowest BCUT2D eigenvalue weighted by atomic mass is 10.1. The Labute approximate surface area is 211 Å². The second-order valence-electron chi connectivity index (χ2n) is 7.17. The highest BCUT2D eigenvalue weighted by Gasteiger charge is 2.38. The van der Waals surface area contributed by atoms with Crippen LogP contribution in [0.25, 0.3) is 0 Å². The molecule has 0 aliphatic carbocycles. The van der Waals surface area contributed by atoms with Crippen LogP contribution in [0.3, 0.4) is 0 Å². The van der Waals surface area contributed by atoms with E-state index < -0.39 is 5.79 Å². The maximum absolute atomic E-state index is 6.13. The van der Waals surface area contributed by atoms with Crippen LogP contribution in [0.15, 0.2) is 109 Å². The van der Waals surface area contributed by atoms with Gasteiger partial charge in [0.05, 0.1) is 0 Å². The van der Waals surface area contributed by atoms with Gasteiger partial charge >= 0.3 is 0 Å². The fourth-order valence-corrected chi connectivity index (χ4v) is 3.66. The molecule has 1 aliphatic rings. The van der Waals surface area contributed by atoms with E-state index in [1.54, 1.807) is 24.1 Å². The fraction of sp³-hybridized carbons (Fsp3) is 0.267. The summed E-state index contributed by atoms with van der Waals surface area (Å²) in [5, 5.41) is 0. The molecule has 1 unspecified atom stereocenters. The molecule has 34 heavy (non-hydrogen) atoms. The third-order valence-corrected chi connectivity index (χ3v) is 5.21. The Kier molecular flexibility index (Phi) is 14.2. The Morgan fingerprint density at radius 3 is 1.94 bits per heavy atom. The molecule has 1 N–H and O–H groups in total. The molecular weight excluding hydrogens is 438 g/mol. The van der Waals surface area contributed by atoms with Crippen LogP contribution in [0.1, 0.15) is 45.7 Å². The molecule has 1 atom stereocenters. The van der Waals surface area contributed by atoms with Crippen LogP contribution in [0.2, 0.25) is 0 Å². The van der Waals surface area contributed by atoms with Gasteiger partial charge in [-0.3, -0.25) is 4.72 Å². The van der Waals surface area contributed by atoms with Crippen molar-refractivity contribution in [2.45, 2.75) is 51.7 Å². The van der Waals surface area contributed by atoms with Crippen LogP contribution in [0.5, 0.6) is 11.5 Å². The molecule has 182 valence electrons. The van der Waals surface area contributed by atoms with Gasteiger partial charge in [-0.15, -0.1) is 13.2 Å². The average Bonchev–Trinajstić information content (AvgIpc) is 3.22. The van der Waals surface area contributed by atoms with E-state index >= 15 is 0 Å². The highest BCUT2D eigenvalue weighted by Crippen LogP contribution is 2.45. The monoisotopic (exact) mass is 477 g/mol. The molecule has 1 aliphatic heterocycles. The maximum atomic E-state index is 6.13. The predicted octanol–water partition coefficient (Wildman–Crippen LogP) is 8.58. The molecule has 1 heterocycles. The molecule has 0 fully saturated rings. The third-order valence-electron chi connectivity index (χ3n) is 4.37. The number of hydrogen-bond donors (Lipinski definition) is 1. The van der Waals surface area contributed by atoms with Crippen LogP contribution in [-0.2, 0) is 12.2 Å². The lowest BCUT2D eigenvalue weighted by molar-refractivity contribution is -0.0680. The average molecular weight is 478 g/mol. The van der Waals surface area contributed by atoms with Gasteiger partial charge in [-0.25, -0.2) is 0 Å². The van der Waals surface area contributed by atoms with Crippen molar-refractivity contribution in [2.75, 3.05) is 6.54 Å². The summed E-state index contributed by atoms with van der Waals surface area (Å²) in [5.74, 6) is 0.796. The first-order valence-corrected chi connectivity index (χ1v) is 12.5. The first-order chi connectivity index (χ1) is 16.6. The Morgan fingerprint density at radius 1 is 0.824 bits per heavy atom. The smallest absolute Gasteiger partial charge is 0.275 e. The van der Waals surface area contributed by atoms with E-state index in [2.05, 4.69) is 48.2 Å². The summed E-state index contributed by atoms with van der Waals surface area (Å²) in [4.78, 5) is 1.11. The van der Waals surface area contributed by atoms with E-state index in [1.165, 1.54) is 5.56 Å². The molecule has 0 spiro atoms. The molecule has 3 aromatic rings. The third kappa shape index (κ3) is 9.50. The zero-order chi connectivity index (χ0) is 25.2. The molecule has 0 saturated carbocycles. The van der Waals surface area contributed by atoms with Gasteiger partial charge in [0.25, 0.3) is 5.79 Å². The molecular formula is C30H39NO2S. The lowest BCUT2D eigenvalue weighted by Gasteiger charge is -2.23. The first kappa shape index (κ1) is 29.1. The highest BCUT2D eigenvalue weighted by molar-refractivity contribution is 7.97. The van der Waals surface area contributed by atoms with Crippen LogP contribution >= 0.6 is 11.9 Å². The molecule has 0 bridgehead atoms. The van der Waals surface area contributed by atoms with Crippen molar-refractivity contribution in [1.82, 2.24) is 4.72 Å². The number of allylic oxidation sites excluding steroid dienone is 2. The summed E-state index contributed by atoms with van der Waals surface area (Å²) < 4.78 is 15.6. The zero-order valence-corrected chi connectivity index (χ0v) is 22.0. The summed E-state index contributed by atoms with van der Waals surface area (Å²) in [6.45, 7) is 17.4. The maximum Gasteiger partial charge on any atom is 0.275 e. The van der Waals surface area contributed by atoms with Crippen LogP contribution in [0.4, 0.5) is 0 Å². The number of ether oxygens (including phenoxy) is 2. The molecule has 4 rings (SSSR count). The van der Waals surface area contributed by atoms with Crippen molar-refractivity contribution in [3.8, 4) is 11.5 Å². The lowest BCUT2D eigenvalue weighted by Crippen LogP contribution is -2.31. The Bertz CT molecular complexity index is 954. The topological polar surface area (TPSA) is 30.5 Å². The van der Waals surface area contributed by atoms with E-state index in [9.17, 15) is 0 Å². The second kappa shape index (κ2) is 16.6. The number of rotatable bonds is 6. The molecule has 0 aromatic heterocycles. The van der Waals surface area contributed by atoms with Crippen molar-refractivity contribution in [3.63, 3.8) is 0 Å². The van der Waals surface area contributed by atoms with E-state index in [0.29, 0.717) is 0 Å². The van der Waals surface area contributed by atoms with Crippen molar-refractivity contribution in [3.05, 3.63) is 115 Å². The van der Waals surface area contributed by atoms with Gasteiger partial charge in [-0.2, -0.15) is 0 Å². The number of hydrogen-bond acceptors (Lipinski definition) is 4. The minimum atomic E-state index is -0.770. The Balaban J connectivity index is 0.000000643. The summed E-state index contributed by atoms with van der Waals surface area (Å²) in [5.41, 5.74) is 2.34. The summed E-state index contributed by atoms with van der Waals surface area (Å²) in [6, 6.07) is 26.6. The second-order valence-corrected chi connectivity index (χ2v) is 8.14. The van der Waals surface area contributed by atoms with E-state index in [-0.39, 0.29) is 0 Å². The van der Waals surface area contributed by atoms with Gasteiger partial charge in [0.15, 0.2) is 11.5 Å². The normalized spacial score (nSPS) is 14.7. The predicted molar refractivity (Wildman–Crippen MR) is 149 cm³/mol. The van der Waals surface area contributed by atoms with Gasteiger partial charge in [0, 0.05) is 23.9 Å². The van der Waals surface area contributed by atoms with E-state index in [4.69, 9.17) is 9.47 Å². The molecule has 3 aromatic carbocycles. The van der Waals surface area contributed by atoms with Crippen molar-refractivity contribution in [1.29, 1.82) is 0 Å². The largest absolute Gasteiger partial charge is 0.445 e. The van der Waals surface area contributed by atoms with Crippen molar-refractivity contribution in [2.24, 2.45) is 0 Å². The van der Waals surface area contributed by atoms with Crippen LogP contribution < -0.4 is 14.2 Å². The number of nitrogens with one attached hydrogen (secondary N) is 1. The summed E-state index contributed by atoms with van der Waals surface area (Å²) >= 11 is 1.62. The van der Waals surface area contributed by atoms with Crippen LogP contribution in [-0.4, -0.2) is 6.54 Å². The van der Waals surface area contributed by atoms with E-state index in [1.807, 2.05) is 83.1 Å². The van der Waals surface area contributed by atoms with Gasteiger partial charge in [-0.1, -0.05) is 86.7 Å². The molecule has 4 heteroatoms. The van der Waals surface area contributed by atoms with Gasteiger partial charge in [0.1, 0.15) is 0 Å². The minimum Gasteiger partial charge on any atom is -0.445 e. The highest BCUT2D eigenvalue weighted by atomic mass is 32.2. The molecule has 0 saturated heterocycles. The minimum absolute atomic E-state index is 0.770. The Hall–Kier alpha value is -2.95. The van der Waals surface area contributed by atoms with E-state index in [0.717, 1.165) is 34.9 Å². The quantitative estimate of drug-likeness (QED) is 0.219.